The van der Waals surface area contributed by atoms with Crippen LogP contribution in [0.15, 0.2) is 24.4 Å². The fraction of sp³-hybridized carbons (Fsp3) is 0.421. The normalized spacial score (nSPS) is 19.5. The molecule has 1 aromatic heterocycles. The fourth-order valence-electron chi connectivity index (χ4n) is 3.92. The number of hydrogen-bond donors (Lipinski definition) is 1. The molecule has 1 saturated heterocycles. The number of nitrogens with one attached hydrogen (secondary N) is 1. The van der Waals surface area contributed by atoms with Crippen LogP contribution in [0.3, 0.4) is 0 Å². The number of nitrogens with zero attached hydrogens (tertiary/aromatic N) is 3. The van der Waals surface area contributed by atoms with Gasteiger partial charge in [-0.15, -0.1) is 0 Å². The summed E-state index contributed by atoms with van der Waals surface area (Å²) in [4.78, 5) is 26.8. The molecular formula is C19H21ClN4O2. The second-order valence-corrected chi connectivity index (χ2v) is 7.34. The SMILES string of the molecule is Cn1ncc2c1CCCC2NC(=O)c1ccc(Cl)cc1N1CCCC1=O. The first-order valence-corrected chi connectivity index (χ1v) is 9.34. The lowest BCUT2D eigenvalue weighted by Gasteiger charge is -2.25. The van der Waals surface area contributed by atoms with Crippen LogP contribution in [-0.4, -0.2) is 28.1 Å². The zero-order chi connectivity index (χ0) is 18.3. The summed E-state index contributed by atoms with van der Waals surface area (Å²) in [5.41, 5.74) is 3.34. The van der Waals surface area contributed by atoms with Crippen molar-refractivity contribution >= 4 is 29.1 Å². The molecule has 1 atom stereocenters. The Hall–Kier alpha value is -2.34. The van der Waals surface area contributed by atoms with Gasteiger partial charge < -0.3 is 10.2 Å². The van der Waals surface area contributed by atoms with Crippen molar-refractivity contribution in [3.63, 3.8) is 0 Å². The molecule has 1 fully saturated rings. The number of carbonyl (C=O) groups is 2. The van der Waals surface area contributed by atoms with Crippen molar-refractivity contribution in [2.75, 3.05) is 11.4 Å². The number of rotatable bonds is 3. The molecule has 136 valence electrons. The maximum Gasteiger partial charge on any atom is 0.253 e. The minimum atomic E-state index is -0.182. The Balaban J connectivity index is 1.62. The smallest absolute Gasteiger partial charge is 0.253 e. The molecule has 0 spiro atoms. The summed E-state index contributed by atoms with van der Waals surface area (Å²) in [5.74, 6) is -0.147. The van der Waals surface area contributed by atoms with E-state index in [1.54, 1.807) is 23.1 Å². The number of aromatic nitrogens is 2. The summed E-state index contributed by atoms with van der Waals surface area (Å²) < 4.78 is 1.88. The van der Waals surface area contributed by atoms with E-state index in [9.17, 15) is 9.59 Å². The predicted molar refractivity (Wildman–Crippen MR) is 99.4 cm³/mol. The molecule has 0 bridgehead atoms. The number of aryl methyl sites for hydroxylation is 1. The molecule has 2 heterocycles. The molecule has 0 radical (unpaired) electrons. The van der Waals surface area contributed by atoms with E-state index in [2.05, 4.69) is 10.4 Å². The zero-order valence-corrected chi connectivity index (χ0v) is 15.4. The van der Waals surface area contributed by atoms with Crippen LogP contribution in [0.25, 0.3) is 0 Å². The Morgan fingerprint density at radius 3 is 2.92 bits per heavy atom. The standard InChI is InChI=1S/C19H21ClN4O2/c1-23-16-5-2-4-15(14(16)11-21-23)22-19(26)13-8-7-12(20)10-17(13)24-9-3-6-18(24)25/h7-8,10-11,15H,2-6,9H2,1H3,(H,22,26). The summed E-state index contributed by atoms with van der Waals surface area (Å²) in [7, 11) is 1.93. The third-order valence-electron chi connectivity index (χ3n) is 5.25. The molecule has 4 rings (SSSR count). The minimum absolute atomic E-state index is 0.0357. The maximum atomic E-state index is 13.0. The van der Waals surface area contributed by atoms with Gasteiger partial charge >= 0.3 is 0 Å². The van der Waals surface area contributed by atoms with Crippen LogP contribution in [0.5, 0.6) is 0 Å². The second kappa shape index (κ2) is 6.76. The third kappa shape index (κ3) is 2.98. The number of carbonyl (C=O) groups excluding carboxylic acids is 2. The van der Waals surface area contributed by atoms with E-state index in [4.69, 9.17) is 11.6 Å². The molecule has 0 saturated carbocycles. The van der Waals surface area contributed by atoms with Crippen molar-refractivity contribution in [1.29, 1.82) is 0 Å². The van der Waals surface area contributed by atoms with Crippen molar-refractivity contribution in [1.82, 2.24) is 15.1 Å². The van der Waals surface area contributed by atoms with Crippen LogP contribution < -0.4 is 10.2 Å². The number of halogens is 1. The van der Waals surface area contributed by atoms with Gasteiger partial charge in [-0.05, 0) is 43.9 Å². The summed E-state index contributed by atoms with van der Waals surface area (Å²) in [6, 6.07) is 5.04. The minimum Gasteiger partial charge on any atom is -0.345 e. The molecule has 2 aliphatic rings. The van der Waals surface area contributed by atoms with Gasteiger partial charge in [0.25, 0.3) is 5.91 Å². The fourth-order valence-corrected chi connectivity index (χ4v) is 4.08. The Bertz CT molecular complexity index is 876. The number of anilines is 1. The largest absolute Gasteiger partial charge is 0.345 e. The lowest BCUT2D eigenvalue weighted by Crippen LogP contribution is -2.33. The molecule has 7 heteroatoms. The first-order valence-electron chi connectivity index (χ1n) is 8.96. The van der Waals surface area contributed by atoms with Crippen molar-refractivity contribution < 1.29 is 9.59 Å². The number of amides is 2. The Kier molecular flexibility index (Phi) is 4.44. The van der Waals surface area contributed by atoms with Crippen LogP contribution in [0.4, 0.5) is 5.69 Å². The predicted octanol–water partition coefficient (Wildman–Crippen LogP) is 3.01. The van der Waals surface area contributed by atoms with E-state index in [0.717, 1.165) is 31.2 Å². The van der Waals surface area contributed by atoms with E-state index in [0.29, 0.717) is 29.2 Å². The van der Waals surface area contributed by atoms with E-state index in [1.807, 2.05) is 17.9 Å². The van der Waals surface area contributed by atoms with E-state index < -0.39 is 0 Å². The quantitative estimate of drug-likeness (QED) is 0.900. The molecule has 26 heavy (non-hydrogen) atoms. The lowest BCUT2D eigenvalue weighted by atomic mass is 9.92. The third-order valence-corrected chi connectivity index (χ3v) is 5.48. The highest BCUT2D eigenvalue weighted by atomic mass is 35.5. The Labute approximate surface area is 157 Å². The van der Waals surface area contributed by atoms with Crippen molar-refractivity contribution in [3.8, 4) is 0 Å². The average molecular weight is 373 g/mol. The highest BCUT2D eigenvalue weighted by Crippen LogP contribution is 2.32. The Morgan fingerprint density at radius 2 is 2.15 bits per heavy atom. The first-order chi connectivity index (χ1) is 12.5. The number of fused-ring (bicyclic) bond motifs is 1. The van der Waals surface area contributed by atoms with Gasteiger partial charge in [0.1, 0.15) is 0 Å². The lowest BCUT2D eigenvalue weighted by molar-refractivity contribution is -0.117. The van der Waals surface area contributed by atoms with Crippen molar-refractivity contribution in [2.45, 2.75) is 38.1 Å². The molecular weight excluding hydrogens is 352 g/mol. The second-order valence-electron chi connectivity index (χ2n) is 6.90. The topological polar surface area (TPSA) is 67.2 Å². The molecule has 2 aromatic rings. The van der Waals surface area contributed by atoms with Gasteiger partial charge in [0.15, 0.2) is 0 Å². The molecule has 1 N–H and O–H groups in total. The van der Waals surface area contributed by atoms with Crippen LogP contribution in [-0.2, 0) is 18.3 Å². The van der Waals surface area contributed by atoms with Gasteiger partial charge in [-0.3, -0.25) is 14.3 Å². The molecule has 1 aliphatic heterocycles. The molecule has 2 amide bonds. The Morgan fingerprint density at radius 1 is 1.31 bits per heavy atom. The molecule has 1 aliphatic carbocycles. The zero-order valence-electron chi connectivity index (χ0n) is 14.7. The van der Waals surface area contributed by atoms with Gasteiger partial charge in [0, 0.05) is 36.3 Å². The van der Waals surface area contributed by atoms with Gasteiger partial charge in [-0.2, -0.15) is 5.10 Å². The van der Waals surface area contributed by atoms with Crippen LogP contribution >= 0.6 is 11.6 Å². The summed E-state index contributed by atoms with van der Waals surface area (Å²) in [6.45, 7) is 0.621. The number of benzene rings is 1. The van der Waals surface area contributed by atoms with E-state index >= 15 is 0 Å². The molecule has 1 aromatic carbocycles. The van der Waals surface area contributed by atoms with Crippen molar-refractivity contribution in [2.24, 2.45) is 7.05 Å². The maximum absolute atomic E-state index is 13.0. The highest BCUT2D eigenvalue weighted by molar-refractivity contribution is 6.31. The van der Waals surface area contributed by atoms with Crippen LogP contribution in [0, 0.1) is 0 Å². The summed E-state index contributed by atoms with van der Waals surface area (Å²) >= 11 is 6.13. The van der Waals surface area contributed by atoms with Crippen LogP contribution in [0.1, 0.15) is 53.3 Å². The van der Waals surface area contributed by atoms with Gasteiger partial charge in [0.2, 0.25) is 5.91 Å². The van der Waals surface area contributed by atoms with Crippen LogP contribution in [0.2, 0.25) is 5.02 Å². The monoisotopic (exact) mass is 372 g/mol. The highest BCUT2D eigenvalue weighted by Gasteiger charge is 2.29. The van der Waals surface area contributed by atoms with E-state index in [-0.39, 0.29) is 17.9 Å². The van der Waals surface area contributed by atoms with Gasteiger partial charge in [0.05, 0.1) is 23.5 Å². The van der Waals surface area contributed by atoms with Crippen molar-refractivity contribution in [3.05, 3.63) is 46.2 Å². The molecule has 6 nitrogen and oxygen atoms in total. The van der Waals surface area contributed by atoms with Gasteiger partial charge in [-0.25, -0.2) is 0 Å². The van der Waals surface area contributed by atoms with E-state index in [1.165, 1.54) is 5.69 Å². The molecule has 1 unspecified atom stereocenters. The summed E-state index contributed by atoms with van der Waals surface area (Å²) in [5, 5.41) is 7.97. The van der Waals surface area contributed by atoms with Gasteiger partial charge in [-0.1, -0.05) is 11.6 Å². The first kappa shape index (κ1) is 17.1. The average Bonchev–Trinajstić information content (AvgIpc) is 3.21. The summed E-state index contributed by atoms with van der Waals surface area (Å²) in [6.07, 6.45) is 6.02. The number of hydrogen-bond acceptors (Lipinski definition) is 3.